The van der Waals surface area contributed by atoms with Gasteiger partial charge in [0.15, 0.2) is 11.4 Å². The molecule has 1 heterocycles. The number of benzene rings is 2. The monoisotopic (exact) mass is 268 g/mol. The molecule has 1 unspecified atom stereocenters. The molecule has 0 amide bonds. The third-order valence-electron chi connectivity index (χ3n) is 4.12. The average Bonchev–Trinajstić information content (AvgIpc) is 3.04. The van der Waals surface area contributed by atoms with Gasteiger partial charge in [-0.25, -0.2) is 4.39 Å². The lowest BCUT2D eigenvalue weighted by Crippen LogP contribution is -2.22. The van der Waals surface area contributed by atoms with Gasteiger partial charge in [0, 0.05) is 5.39 Å². The van der Waals surface area contributed by atoms with Gasteiger partial charge in [0.25, 0.3) is 0 Å². The molecule has 0 fully saturated rings. The van der Waals surface area contributed by atoms with Crippen molar-refractivity contribution in [3.05, 3.63) is 71.2 Å². The molecule has 3 heteroatoms. The maximum absolute atomic E-state index is 13.7. The predicted octanol–water partition coefficient (Wildman–Crippen LogP) is 3.75. The van der Waals surface area contributed by atoms with E-state index in [-0.39, 0.29) is 5.58 Å². The summed E-state index contributed by atoms with van der Waals surface area (Å²) >= 11 is 0. The molecule has 1 N–H and O–H groups in total. The fourth-order valence-corrected chi connectivity index (χ4v) is 3.08. The first kappa shape index (κ1) is 11.7. The molecule has 1 aliphatic rings. The first-order valence-electron chi connectivity index (χ1n) is 6.68. The smallest absolute Gasteiger partial charge is 0.170 e. The Morgan fingerprint density at radius 3 is 2.80 bits per heavy atom. The summed E-state index contributed by atoms with van der Waals surface area (Å²) in [6.45, 7) is 0. The highest BCUT2D eigenvalue weighted by atomic mass is 19.1. The van der Waals surface area contributed by atoms with E-state index in [4.69, 9.17) is 4.42 Å². The average molecular weight is 268 g/mol. The molecule has 0 radical (unpaired) electrons. The topological polar surface area (TPSA) is 33.4 Å². The Bertz CT molecular complexity index is 806. The molecule has 0 aliphatic heterocycles. The van der Waals surface area contributed by atoms with Crippen LogP contribution in [0, 0.1) is 5.82 Å². The Balaban J connectivity index is 1.93. The first-order chi connectivity index (χ1) is 9.68. The zero-order valence-electron chi connectivity index (χ0n) is 10.8. The fraction of sp³-hybridized carbons (Fsp3) is 0.176. The first-order valence-corrected chi connectivity index (χ1v) is 6.68. The Labute approximate surface area is 115 Å². The fourth-order valence-electron chi connectivity index (χ4n) is 3.08. The molecular weight excluding hydrogens is 255 g/mol. The summed E-state index contributed by atoms with van der Waals surface area (Å²) in [7, 11) is 0. The minimum Gasteiger partial charge on any atom is -0.455 e. The molecule has 1 atom stereocenters. The minimum absolute atomic E-state index is 0.209. The third-order valence-corrected chi connectivity index (χ3v) is 4.12. The van der Waals surface area contributed by atoms with E-state index in [9.17, 15) is 9.50 Å². The lowest BCUT2D eigenvalue weighted by molar-refractivity contribution is 0.0603. The summed E-state index contributed by atoms with van der Waals surface area (Å²) in [6, 6.07) is 14.3. The third kappa shape index (κ3) is 1.47. The van der Waals surface area contributed by atoms with Gasteiger partial charge in [0.05, 0.1) is 0 Å². The number of rotatable bonds is 1. The predicted molar refractivity (Wildman–Crippen MR) is 73.9 cm³/mol. The van der Waals surface area contributed by atoms with E-state index in [1.165, 1.54) is 6.07 Å². The second-order valence-electron chi connectivity index (χ2n) is 5.29. The molecule has 0 bridgehead atoms. The molecule has 20 heavy (non-hydrogen) atoms. The number of hydrogen-bond donors (Lipinski definition) is 1. The van der Waals surface area contributed by atoms with Gasteiger partial charge in [-0.1, -0.05) is 36.4 Å². The van der Waals surface area contributed by atoms with E-state index in [2.05, 4.69) is 0 Å². The Kier molecular flexibility index (Phi) is 2.30. The van der Waals surface area contributed by atoms with Crippen LogP contribution in [0.15, 0.2) is 52.9 Å². The number of aryl methyl sites for hydroxylation is 1. The number of halogens is 1. The lowest BCUT2D eigenvalue weighted by atomic mass is 9.93. The van der Waals surface area contributed by atoms with Crippen LogP contribution < -0.4 is 0 Å². The molecule has 0 saturated heterocycles. The van der Waals surface area contributed by atoms with Crippen molar-refractivity contribution >= 4 is 11.0 Å². The molecule has 3 aromatic rings. The summed E-state index contributed by atoms with van der Waals surface area (Å²) < 4.78 is 19.3. The summed E-state index contributed by atoms with van der Waals surface area (Å²) in [6.07, 6.45) is 1.36. The normalized spacial score (nSPS) is 21.3. The second kappa shape index (κ2) is 3.93. The van der Waals surface area contributed by atoms with Crippen molar-refractivity contribution in [2.45, 2.75) is 18.4 Å². The highest BCUT2D eigenvalue weighted by Gasteiger charge is 2.41. The summed E-state index contributed by atoms with van der Waals surface area (Å²) in [5.41, 5.74) is 1.04. The van der Waals surface area contributed by atoms with Crippen molar-refractivity contribution in [1.29, 1.82) is 0 Å². The van der Waals surface area contributed by atoms with Gasteiger partial charge in [-0.3, -0.25) is 0 Å². The van der Waals surface area contributed by atoms with Crippen molar-refractivity contribution in [3.63, 3.8) is 0 Å². The maximum Gasteiger partial charge on any atom is 0.170 e. The van der Waals surface area contributed by atoms with Gasteiger partial charge in [-0.05, 0) is 36.1 Å². The van der Waals surface area contributed by atoms with Crippen molar-refractivity contribution in [1.82, 2.24) is 0 Å². The van der Waals surface area contributed by atoms with Crippen molar-refractivity contribution in [2.75, 3.05) is 0 Å². The van der Waals surface area contributed by atoms with E-state index in [1.807, 2.05) is 24.3 Å². The molecule has 1 aromatic heterocycles. The van der Waals surface area contributed by atoms with Crippen LogP contribution in [0.25, 0.3) is 11.0 Å². The van der Waals surface area contributed by atoms with Crippen LogP contribution in [-0.2, 0) is 12.0 Å². The van der Waals surface area contributed by atoms with Gasteiger partial charge in [0.1, 0.15) is 11.4 Å². The number of fused-ring (bicyclic) bond motifs is 2. The van der Waals surface area contributed by atoms with Crippen molar-refractivity contribution < 1.29 is 13.9 Å². The summed E-state index contributed by atoms with van der Waals surface area (Å²) in [5.74, 6) is 0.0196. The molecule has 4 rings (SSSR count). The van der Waals surface area contributed by atoms with E-state index in [0.717, 1.165) is 17.5 Å². The number of aliphatic hydroxyl groups is 1. The van der Waals surface area contributed by atoms with Gasteiger partial charge in [-0.2, -0.15) is 0 Å². The SMILES string of the molecule is OC1(c2cc3cccc(F)c3o2)CCc2ccccc21. The quantitative estimate of drug-likeness (QED) is 0.729. The van der Waals surface area contributed by atoms with Crippen LogP contribution in [-0.4, -0.2) is 5.11 Å². The van der Waals surface area contributed by atoms with Crippen LogP contribution in [0.4, 0.5) is 4.39 Å². The number of furan rings is 1. The summed E-state index contributed by atoms with van der Waals surface area (Å²) in [5, 5.41) is 11.7. The van der Waals surface area contributed by atoms with Crippen LogP contribution in [0.3, 0.4) is 0 Å². The zero-order chi connectivity index (χ0) is 13.7. The number of para-hydroxylation sites is 1. The molecule has 2 aromatic carbocycles. The molecular formula is C17H13FO2. The Morgan fingerprint density at radius 2 is 1.95 bits per heavy atom. The van der Waals surface area contributed by atoms with Crippen molar-refractivity contribution in [2.24, 2.45) is 0 Å². The Hall–Kier alpha value is -2.13. The van der Waals surface area contributed by atoms with E-state index in [1.54, 1.807) is 18.2 Å². The van der Waals surface area contributed by atoms with Crippen LogP contribution in [0.1, 0.15) is 23.3 Å². The lowest BCUT2D eigenvalue weighted by Gasteiger charge is -2.21. The zero-order valence-corrected chi connectivity index (χ0v) is 10.8. The van der Waals surface area contributed by atoms with Gasteiger partial charge in [-0.15, -0.1) is 0 Å². The highest BCUT2D eigenvalue weighted by Crippen LogP contribution is 2.43. The highest BCUT2D eigenvalue weighted by molar-refractivity contribution is 5.79. The van der Waals surface area contributed by atoms with Crippen LogP contribution in [0.5, 0.6) is 0 Å². The van der Waals surface area contributed by atoms with E-state index in [0.29, 0.717) is 17.6 Å². The van der Waals surface area contributed by atoms with Gasteiger partial charge in [0.2, 0.25) is 0 Å². The molecule has 100 valence electrons. The molecule has 0 spiro atoms. The van der Waals surface area contributed by atoms with Crippen LogP contribution in [0.2, 0.25) is 0 Å². The molecule has 0 saturated carbocycles. The standard InChI is InChI=1S/C17H13FO2/c18-14-7-3-5-12-10-15(20-16(12)14)17(19)9-8-11-4-1-2-6-13(11)17/h1-7,10,19H,8-9H2. The maximum atomic E-state index is 13.7. The van der Waals surface area contributed by atoms with Crippen molar-refractivity contribution in [3.8, 4) is 0 Å². The van der Waals surface area contributed by atoms with E-state index < -0.39 is 11.4 Å². The second-order valence-corrected chi connectivity index (χ2v) is 5.29. The van der Waals surface area contributed by atoms with Crippen LogP contribution >= 0.6 is 0 Å². The number of hydrogen-bond acceptors (Lipinski definition) is 2. The molecule has 2 nitrogen and oxygen atoms in total. The molecule has 1 aliphatic carbocycles. The van der Waals surface area contributed by atoms with Gasteiger partial charge < -0.3 is 9.52 Å². The minimum atomic E-state index is -1.15. The summed E-state index contributed by atoms with van der Waals surface area (Å²) in [4.78, 5) is 0. The van der Waals surface area contributed by atoms with Gasteiger partial charge >= 0.3 is 0 Å². The van der Waals surface area contributed by atoms with E-state index >= 15 is 0 Å². The largest absolute Gasteiger partial charge is 0.455 e. The Morgan fingerprint density at radius 1 is 1.10 bits per heavy atom.